The summed E-state index contributed by atoms with van der Waals surface area (Å²) in [5.41, 5.74) is 1.63. The van der Waals surface area contributed by atoms with Crippen molar-refractivity contribution in [1.29, 1.82) is 0 Å². The lowest BCUT2D eigenvalue weighted by atomic mass is 10.1. The van der Waals surface area contributed by atoms with Crippen molar-refractivity contribution in [3.05, 3.63) is 35.5 Å². The van der Waals surface area contributed by atoms with Crippen LogP contribution in [0.4, 0.5) is 0 Å². The number of sulfonamides is 1. The van der Waals surface area contributed by atoms with E-state index in [2.05, 4.69) is 16.7 Å². The van der Waals surface area contributed by atoms with Crippen LogP contribution in [0.25, 0.3) is 0 Å². The molecule has 0 radical (unpaired) electrons. The van der Waals surface area contributed by atoms with Gasteiger partial charge >= 0.3 is 0 Å². The maximum atomic E-state index is 12.1. The molecule has 0 aromatic heterocycles. The average molecular weight is 312 g/mol. The first-order chi connectivity index (χ1) is 9.90. The second kappa shape index (κ2) is 5.75. The molecule has 21 heavy (non-hydrogen) atoms. The summed E-state index contributed by atoms with van der Waals surface area (Å²) in [7, 11) is -1.83. The highest BCUT2D eigenvalue weighted by atomic mass is 32.2. The number of rotatable bonds is 6. The number of quaternary nitrogens is 1. The van der Waals surface area contributed by atoms with Crippen LogP contribution in [0.2, 0.25) is 0 Å². The van der Waals surface area contributed by atoms with Gasteiger partial charge in [-0.25, -0.2) is 8.42 Å². The van der Waals surface area contributed by atoms with Gasteiger partial charge in [-0.15, -0.1) is 4.59 Å². The molecule has 6 nitrogen and oxygen atoms in total. The van der Waals surface area contributed by atoms with Crippen LogP contribution in [0.5, 0.6) is 0 Å². The van der Waals surface area contributed by atoms with E-state index in [0.717, 1.165) is 24.2 Å². The standard InChI is InChI=1S/C14H22N3O3S/c1-5-8-12-14-13(20-4)9-7-10-17(14,11(3)15-12)16-21(18,19)6-2/h7,9-10,16H,5-6,8H2,1-4H3/q+1. The number of fused-ring (bicyclic) bond motifs is 1. The number of hydrogen-bond donors (Lipinski definition) is 1. The van der Waals surface area contributed by atoms with Gasteiger partial charge in [-0.05, 0) is 30.3 Å². The Kier molecular flexibility index (Phi) is 4.36. The first-order valence-corrected chi connectivity index (χ1v) is 8.69. The number of allylic oxidation sites excluding steroid dienone is 3. The number of hydrogen-bond acceptors (Lipinski definition) is 4. The van der Waals surface area contributed by atoms with E-state index in [1.165, 1.54) is 0 Å². The summed E-state index contributed by atoms with van der Waals surface area (Å²) in [6.45, 7) is 5.50. The van der Waals surface area contributed by atoms with Gasteiger partial charge in [-0.2, -0.15) is 4.99 Å². The van der Waals surface area contributed by atoms with E-state index >= 15 is 0 Å². The van der Waals surface area contributed by atoms with Crippen molar-refractivity contribution in [2.75, 3.05) is 12.9 Å². The Morgan fingerprint density at radius 1 is 1.38 bits per heavy atom. The van der Waals surface area contributed by atoms with E-state index < -0.39 is 10.0 Å². The monoisotopic (exact) mass is 312 g/mol. The molecule has 0 aromatic carbocycles. The second-order valence-corrected chi connectivity index (χ2v) is 6.99. The largest absolute Gasteiger partial charge is 0.491 e. The van der Waals surface area contributed by atoms with E-state index in [1.54, 1.807) is 26.3 Å². The lowest BCUT2D eigenvalue weighted by Crippen LogP contribution is -2.58. The molecule has 0 aliphatic carbocycles. The Hall–Kier alpha value is -1.44. The van der Waals surface area contributed by atoms with Crippen LogP contribution in [0.1, 0.15) is 33.6 Å². The SMILES string of the molecule is CCCC1=C2C(OC)=CC=C[N+]2(NS(=O)(=O)CC)C(C)=N1. The number of nitrogens with zero attached hydrogens (tertiary/aromatic N) is 2. The zero-order chi connectivity index (χ0) is 15.7. The van der Waals surface area contributed by atoms with Crippen molar-refractivity contribution < 1.29 is 17.7 Å². The fourth-order valence-corrected chi connectivity index (χ4v) is 3.38. The molecule has 0 bridgehead atoms. The van der Waals surface area contributed by atoms with Crippen molar-refractivity contribution >= 4 is 15.9 Å². The molecule has 2 rings (SSSR count). The lowest BCUT2D eigenvalue weighted by molar-refractivity contribution is -0.778. The highest BCUT2D eigenvalue weighted by Gasteiger charge is 2.49. The lowest BCUT2D eigenvalue weighted by Gasteiger charge is -2.32. The average Bonchev–Trinajstić information content (AvgIpc) is 2.71. The highest BCUT2D eigenvalue weighted by molar-refractivity contribution is 7.89. The van der Waals surface area contributed by atoms with Crippen molar-refractivity contribution in [3.63, 3.8) is 0 Å². The molecular formula is C14H22N3O3S+. The third-order valence-corrected chi connectivity index (χ3v) is 4.92. The van der Waals surface area contributed by atoms with Gasteiger partial charge in [-0.1, -0.05) is 13.3 Å². The topological polar surface area (TPSA) is 67.8 Å². The molecule has 0 saturated heterocycles. The van der Waals surface area contributed by atoms with E-state index in [9.17, 15) is 8.42 Å². The third-order valence-electron chi connectivity index (χ3n) is 3.59. The van der Waals surface area contributed by atoms with Gasteiger partial charge in [0.1, 0.15) is 11.9 Å². The number of amidine groups is 1. The zero-order valence-corrected chi connectivity index (χ0v) is 13.7. The van der Waals surface area contributed by atoms with Crippen molar-refractivity contribution in [1.82, 2.24) is 4.83 Å². The van der Waals surface area contributed by atoms with Crippen LogP contribution in [-0.4, -0.2) is 31.7 Å². The number of ether oxygens (including phenoxy) is 1. The minimum Gasteiger partial charge on any atom is -0.491 e. The maximum absolute atomic E-state index is 12.1. The summed E-state index contributed by atoms with van der Waals surface area (Å²) in [5, 5.41) is 0. The van der Waals surface area contributed by atoms with Crippen molar-refractivity contribution in [3.8, 4) is 0 Å². The molecule has 116 valence electrons. The zero-order valence-electron chi connectivity index (χ0n) is 12.9. The van der Waals surface area contributed by atoms with Crippen LogP contribution < -0.4 is 4.83 Å². The van der Waals surface area contributed by atoms with Crippen molar-refractivity contribution in [2.45, 2.75) is 33.6 Å². The molecule has 0 saturated carbocycles. The van der Waals surface area contributed by atoms with E-state index in [4.69, 9.17) is 4.74 Å². The van der Waals surface area contributed by atoms with Gasteiger partial charge in [0.25, 0.3) is 10.0 Å². The summed E-state index contributed by atoms with van der Waals surface area (Å²) in [5.74, 6) is 1.32. The molecule has 0 amide bonds. The molecule has 0 spiro atoms. The fourth-order valence-electron chi connectivity index (χ4n) is 2.53. The molecule has 1 unspecified atom stereocenters. The molecule has 1 atom stereocenters. The Balaban J connectivity index is 2.59. The molecule has 2 aliphatic rings. The summed E-state index contributed by atoms with van der Waals surface area (Å²) < 4.78 is 29.5. The normalized spacial score (nSPS) is 24.8. The van der Waals surface area contributed by atoms with Gasteiger partial charge in [-0.3, -0.25) is 0 Å². The molecule has 7 heteroatoms. The van der Waals surface area contributed by atoms with Gasteiger partial charge in [0.15, 0.2) is 5.76 Å². The van der Waals surface area contributed by atoms with Crippen LogP contribution >= 0.6 is 0 Å². The highest BCUT2D eigenvalue weighted by Crippen LogP contribution is 2.38. The predicted molar refractivity (Wildman–Crippen MR) is 82.1 cm³/mol. The molecule has 2 heterocycles. The number of nitrogens with one attached hydrogen (secondary N) is 1. The first-order valence-electron chi connectivity index (χ1n) is 7.04. The van der Waals surface area contributed by atoms with Gasteiger partial charge < -0.3 is 4.74 Å². The first kappa shape index (κ1) is 15.9. The molecule has 0 aromatic rings. The summed E-state index contributed by atoms with van der Waals surface area (Å²) in [6.07, 6.45) is 7.10. The fraction of sp³-hybridized carbons (Fsp3) is 0.500. The van der Waals surface area contributed by atoms with E-state index in [0.29, 0.717) is 11.6 Å². The molecule has 0 fully saturated rings. The Morgan fingerprint density at radius 3 is 2.67 bits per heavy atom. The van der Waals surface area contributed by atoms with Gasteiger partial charge in [0.05, 0.1) is 12.9 Å². The number of aliphatic imine (C=N–C) groups is 1. The minimum atomic E-state index is -3.41. The van der Waals surface area contributed by atoms with Crippen LogP contribution in [0.3, 0.4) is 0 Å². The third kappa shape index (κ3) is 2.68. The Morgan fingerprint density at radius 2 is 2.10 bits per heavy atom. The second-order valence-electron chi connectivity index (χ2n) is 5.00. The smallest absolute Gasteiger partial charge is 0.254 e. The van der Waals surface area contributed by atoms with Crippen LogP contribution in [0, 0.1) is 0 Å². The van der Waals surface area contributed by atoms with Gasteiger partial charge in [0.2, 0.25) is 11.5 Å². The number of methoxy groups -OCH3 is 1. The van der Waals surface area contributed by atoms with Gasteiger partial charge in [0, 0.05) is 6.92 Å². The van der Waals surface area contributed by atoms with Crippen LogP contribution in [-0.2, 0) is 14.8 Å². The summed E-state index contributed by atoms with van der Waals surface area (Å²) >= 11 is 0. The quantitative estimate of drug-likeness (QED) is 0.764. The Labute approximate surface area is 126 Å². The Bertz CT molecular complexity index is 659. The van der Waals surface area contributed by atoms with E-state index in [1.807, 2.05) is 13.0 Å². The molecule has 1 N–H and O–H groups in total. The molecular weight excluding hydrogens is 290 g/mol. The maximum Gasteiger partial charge on any atom is 0.254 e. The van der Waals surface area contributed by atoms with Crippen LogP contribution in [0.15, 0.2) is 40.5 Å². The van der Waals surface area contributed by atoms with Crippen molar-refractivity contribution in [2.24, 2.45) is 4.99 Å². The summed E-state index contributed by atoms with van der Waals surface area (Å²) in [6, 6.07) is 0. The molecule has 2 aliphatic heterocycles. The minimum absolute atomic E-state index is 0.0105. The summed E-state index contributed by atoms with van der Waals surface area (Å²) in [4.78, 5) is 7.32. The predicted octanol–water partition coefficient (Wildman–Crippen LogP) is 2.16. The van der Waals surface area contributed by atoms with E-state index in [-0.39, 0.29) is 10.3 Å².